The topological polar surface area (TPSA) is 88.4 Å². The summed E-state index contributed by atoms with van der Waals surface area (Å²) in [6.07, 6.45) is 0.458. The van der Waals surface area contributed by atoms with E-state index < -0.39 is 11.4 Å². The Labute approximate surface area is 145 Å². The first-order valence-electron chi connectivity index (χ1n) is 8.12. The molecular weight excluding hydrogens is 324 g/mol. The van der Waals surface area contributed by atoms with Crippen LogP contribution in [0.15, 0.2) is 30.3 Å². The van der Waals surface area contributed by atoms with E-state index in [2.05, 4.69) is 0 Å². The van der Waals surface area contributed by atoms with Crippen LogP contribution < -0.4 is 4.74 Å². The summed E-state index contributed by atoms with van der Waals surface area (Å²) in [6.45, 7) is 4.27. The second-order valence-electron chi connectivity index (χ2n) is 7.12. The van der Waals surface area contributed by atoms with Crippen molar-refractivity contribution in [3.63, 3.8) is 0 Å². The zero-order valence-electron chi connectivity index (χ0n) is 14.1. The van der Waals surface area contributed by atoms with Crippen molar-refractivity contribution in [2.45, 2.75) is 31.7 Å². The van der Waals surface area contributed by atoms with Crippen LogP contribution in [-0.2, 0) is 15.9 Å². The number of rotatable bonds is 0. The molecule has 2 aliphatic rings. The second-order valence-corrected chi connectivity index (χ2v) is 7.12. The van der Waals surface area contributed by atoms with E-state index in [1.165, 1.54) is 12.1 Å². The number of aromatic hydroxyl groups is 3. The van der Waals surface area contributed by atoms with Crippen LogP contribution in [-0.4, -0.2) is 39.9 Å². The number of phenolic OH excluding ortho intramolecular Hbond substituents is 3. The van der Waals surface area contributed by atoms with E-state index in [1.807, 2.05) is 13.8 Å². The van der Waals surface area contributed by atoms with Crippen molar-refractivity contribution >= 4 is 0 Å². The molecule has 3 N–H and O–H groups in total. The molecule has 0 radical (unpaired) electrons. The maximum Gasteiger partial charge on any atom is 0.163 e. The van der Waals surface area contributed by atoms with Crippen LogP contribution >= 0.6 is 0 Å². The molecule has 0 unspecified atom stereocenters. The minimum atomic E-state index is -0.733. The van der Waals surface area contributed by atoms with Crippen LogP contribution in [0, 0.1) is 0 Å². The largest absolute Gasteiger partial charge is 0.508 e. The molecule has 0 aromatic heterocycles. The van der Waals surface area contributed by atoms with E-state index in [1.54, 1.807) is 18.2 Å². The van der Waals surface area contributed by atoms with E-state index in [-0.39, 0.29) is 23.9 Å². The van der Waals surface area contributed by atoms with Gasteiger partial charge in [0.25, 0.3) is 0 Å². The van der Waals surface area contributed by atoms with Crippen molar-refractivity contribution in [1.82, 2.24) is 0 Å². The SMILES string of the molecule is CC1(C)OC[C@]2(COc3cc(O)ccc3-c3cc(O)c(O)cc3C2)O1. The Morgan fingerprint density at radius 2 is 1.68 bits per heavy atom. The van der Waals surface area contributed by atoms with E-state index in [0.29, 0.717) is 18.8 Å². The van der Waals surface area contributed by atoms with Crippen molar-refractivity contribution in [3.8, 4) is 34.1 Å². The third kappa shape index (κ3) is 2.77. The number of benzene rings is 2. The van der Waals surface area contributed by atoms with Crippen LogP contribution in [0.1, 0.15) is 19.4 Å². The summed E-state index contributed by atoms with van der Waals surface area (Å²) >= 11 is 0. The van der Waals surface area contributed by atoms with Gasteiger partial charge in [-0.25, -0.2) is 0 Å². The van der Waals surface area contributed by atoms with Gasteiger partial charge in [0.1, 0.15) is 23.7 Å². The van der Waals surface area contributed by atoms with E-state index in [9.17, 15) is 15.3 Å². The van der Waals surface area contributed by atoms with Crippen LogP contribution in [0.3, 0.4) is 0 Å². The summed E-state index contributed by atoms with van der Waals surface area (Å²) < 4.78 is 17.8. The van der Waals surface area contributed by atoms with E-state index >= 15 is 0 Å². The fraction of sp³-hybridized carbons (Fsp3) is 0.368. The molecule has 2 heterocycles. The molecular formula is C19H20O6. The molecule has 6 nitrogen and oxygen atoms in total. The monoisotopic (exact) mass is 344 g/mol. The van der Waals surface area contributed by atoms with Gasteiger partial charge in [-0.1, -0.05) is 0 Å². The van der Waals surface area contributed by atoms with Gasteiger partial charge in [0, 0.05) is 18.1 Å². The Bertz CT molecular complexity index is 844. The summed E-state index contributed by atoms with van der Waals surface area (Å²) in [5.74, 6) is -0.561. The lowest BCUT2D eigenvalue weighted by molar-refractivity contribution is -0.167. The lowest BCUT2D eigenvalue weighted by Gasteiger charge is -2.32. The van der Waals surface area contributed by atoms with Gasteiger partial charge in [-0.3, -0.25) is 0 Å². The minimum absolute atomic E-state index is 0.0850. The molecule has 0 aliphatic carbocycles. The molecule has 1 fully saturated rings. The highest BCUT2D eigenvalue weighted by Crippen LogP contribution is 2.45. The Kier molecular flexibility index (Phi) is 3.39. The molecule has 1 saturated heterocycles. The summed E-state index contributed by atoms with van der Waals surface area (Å²) in [7, 11) is 0. The highest BCUT2D eigenvalue weighted by Gasteiger charge is 2.47. The van der Waals surface area contributed by atoms with Crippen LogP contribution in [0.2, 0.25) is 0 Å². The first-order chi connectivity index (χ1) is 11.8. The molecule has 0 bridgehead atoms. The van der Waals surface area contributed by atoms with Crippen LogP contribution in [0.5, 0.6) is 23.0 Å². The lowest BCUT2D eigenvalue weighted by atomic mass is 9.88. The highest BCUT2D eigenvalue weighted by molar-refractivity contribution is 5.77. The second kappa shape index (κ2) is 5.28. The maximum absolute atomic E-state index is 9.97. The average Bonchev–Trinajstić information content (AvgIpc) is 2.84. The quantitative estimate of drug-likeness (QED) is 0.637. The lowest BCUT2D eigenvalue weighted by Crippen LogP contribution is -2.43. The van der Waals surface area contributed by atoms with E-state index in [0.717, 1.165) is 16.7 Å². The maximum atomic E-state index is 9.97. The van der Waals surface area contributed by atoms with Gasteiger partial charge in [-0.05, 0) is 49.2 Å². The van der Waals surface area contributed by atoms with Crippen LogP contribution in [0.25, 0.3) is 11.1 Å². The summed E-state index contributed by atoms with van der Waals surface area (Å²) in [5, 5.41) is 29.7. The molecule has 0 saturated carbocycles. The number of hydrogen-bond acceptors (Lipinski definition) is 6. The Morgan fingerprint density at radius 3 is 2.40 bits per heavy atom. The predicted octanol–water partition coefficient (Wildman–Crippen LogP) is 2.93. The number of fused-ring (bicyclic) bond motifs is 3. The fourth-order valence-corrected chi connectivity index (χ4v) is 3.52. The van der Waals surface area contributed by atoms with E-state index in [4.69, 9.17) is 14.2 Å². The third-order valence-electron chi connectivity index (χ3n) is 4.60. The van der Waals surface area contributed by atoms with Gasteiger partial charge >= 0.3 is 0 Å². The predicted molar refractivity (Wildman–Crippen MR) is 89.9 cm³/mol. The number of hydrogen-bond donors (Lipinski definition) is 3. The Balaban J connectivity index is 1.89. The number of ether oxygens (including phenoxy) is 3. The molecule has 0 amide bonds. The van der Waals surface area contributed by atoms with Crippen molar-refractivity contribution in [1.29, 1.82) is 0 Å². The van der Waals surface area contributed by atoms with Gasteiger partial charge < -0.3 is 29.5 Å². The summed E-state index contributed by atoms with van der Waals surface area (Å²) in [4.78, 5) is 0. The summed E-state index contributed by atoms with van der Waals surface area (Å²) in [6, 6.07) is 7.87. The van der Waals surface area contributed by atoms with Gasteiger partial charge in [0.05, 0.1) is 6.61 Å². The molecule has 1 atom stereocenters. The van der Waals surface area contributed by atoms with Crippen molar-refractivity contribution in [3.05, 3.63) is 35.9 Å². The van der Waals surface area contributed by atoms with Crippen molar-refractivity contribution in [2.75, 3.05) is 13.2 Å². The zero-order valence-corrected chi connectivity index (χ0v) is 14.1. The van der Waals surface area contributed by atoms with Crippen LogP contribution in [0.4, 0.5) is 0 Å². The van der Waals surface area contributed by atoms with Gasteiger partial charge in [-0.15, -0.1) is 0 Å². The molecule has 25 heavy (non-hydrogen) atoms. The minimum Gasteiger partial charge on any atom is -0.508 e. The molecule has 1 spiro atoms. The molecule has 2 aromatic carbocycles. The molecule has 6 heteroatoms. The summed E-state index contributed by atoms with van der Waals surface area (Å²) in [5.41, 5.74) is 1.55. The molecule has 2 aromatic rings. The Hall–Kier alpha value is -2.44. The Morgan fingerprint density at radius 1 is 0.920 bits per heavy atom. The average molecular weight is 344 g/mol. The first-order valence-corrected chi connectivity index (χ1v) is 8.12. The zero-order chi connectivity index (χ0) is 17.8. The fourth-order valence-electron chi connectivity index (χ4n) is 3.52. The van der Waals surface area contributed by atoms with Gasteiger partial charge in [-0.2, -0.15) is 0 Å². The smallest absolute Gasteiger partial charge is 0.163 e. The molecule has 2 aliphatic heterocycles. The van der Waals surface area contributed by atoms with Crippen molar-refractivity contribution in [2.24, 2.45) is 0 Å². The molecule has 132 valence electrons. The van der Waals surface area contributed by atoms with Gasteiger partial charge in [0.15, 0.2) is 17.3 Å². The first kappa shape index (κ1) is 16.1. The molecule has 4 rings (SSSR count). The standard InChI is InChI=1S/C19H20O6/c1-18(2)24-10-19(25-18)8-11-5-15(21)16(22)7-14(11)13-4-3-12(20)6-17(13)23-9-19/h3-7,20-22H,8-10H2,1-2H3/t19-/m0/s1. The van der Waals surface area contributed by atoms with Gasteiger partial charge in [0.2, 0.25) is 0 Å². The normalized spacial score (nSPS) is 24.1. The van der Waals surface area contributed by atoms with Crippen molar-refractivity contribution < 1.29 is 29.5 Å². The third-order valence-corrected chi connectivity index (χ3v) is 4.60. The highest BCUT2D eigenvalue weighted by atomic mass is 16.8. The number of phenols is 3.